The molecule has 3 nitrogen and oxygen atoms in total. The standard InChI is InChI=1S/C17H18ClN3/c1-12-3-5-14(6-4-12)11-21-16(7-8-18)20-15-9-13(2)10-19-17(15)21/h3-6,9-10H,7-8,11H2,1-2H3. The first-order valence-electron chi connectivity index (χ1n) is 7.10. The van der Waals surface area contributed by atoms with Gasteiger partial charge in [0, 0.05) is 18.5 Å². The van der Waals surface area contributed by atoms with E-state index in [1.54, 1.807) is 0 Å². The highest BCUT2D eigenvalue weighted by molar-refractivity contribution is 6.17. The summed E-state index contributed by atoms with van der Waals surface area (Å²) in [6, 6.07) is 10.6. The van der Waals surface area contributed by atoms with Gasteiger partial charge in [0.1, 0.15) is 11.3 Å². The van der Waals surface area contributed by atoms with Gasteiger partial charge >= 0.3 is 0 Å². The molecule has 0 radical (unpaired) electrons. The maximum absolute atomic E-state index is 5.92. The Bertz CT molecular complexity index is 760. The molecule has 2 heterocycles. The first-order valence-corrected chi connectivity index (χ1v) is 7.64. The molecule has 0 saturated carbocycles. The largest absolute Gasteiger partial charge is 0.308 e. The molecule has 4 heteroatoms. The molecular weight excluding hydrogens is 282 g/mol. The van der Waals surface area contributed by atoms with Crippen LogP contribution < -0.4 is 0 Å². The summed E-state index contributed by atoms with van der Waals surface area (Å²) in [5.41, 5.74) is 5.52. The van der Waals surface area contributed by atoms with Crippen LogP contribution in [0.5, 0.6) is 0 Å². The number of imidazole rings is 1. The Morgan fingerprint density at radius 3 is 2.57 bits per heavy atom. The average Bonchev–Trinajstić information content (AvgIpc) is 2.79. The van der Waals surface area contributed by atoms with E-state index in [1.807, 2.05) is 13.1 Å². The minimum Gasteiger partial charge on any atom is -0.308 e. The van der Waals surface area contributed by atoms with Gasteiger partial charge in [-0.25, -0.2) is 9.97 Å². The van der Waals surface area contributed by atoms with Crippen LogP contribution in [0.3, 0.4) is 0 Å². The number of fused-ring (bicyclic) bond motifs is 1. The number of rotatable bonds is 4. The predicted octanol–water partition coefficient (Wildman–Crippen LogP) is 3.88. The van der Waals surface area contributed by atoms with Crippen molar-refractivity contribution < 1.29 is 0 Å². The third-order valence-corrected chi connectivity index (χ3v) is 3.77. The van der Waals surface area contributed by atoms with Crippen molar-refractivity contribution in [2.24, 2.45) is 0 Å². The second kappa shape index (κ2) is 5.86. The van der Waals surface area contributed by atoms with Crippen LogP contribution in [0.15, 0.2) is 36.5 Å². The molecule has 0 atom stereocenters. The van der Waals surface area contributed by atoms with Crippen molar-refractivity contribution >= 4 is 22.8 Å². The van der Waals surface area contributed by atoms with Crippen molar-refractivity contribution in [3.05, 3.63) is 59.0 Å². The van der Waals surface area contributed by atoms with E-state index < -0.39 is 0 Å². The lowest BCUT2D eigenvalue weighted by atomic mass is 10.1. The van der Waals surface area contributed by atoms with Crippen LogP contribution in [-0.4, -0.2) is 20.4 Å². The molecule has 0 fully saturated rings. The minimum absolute atomic E-state index is 0.566. The van der Waals surface area contributed by atoms with Crippen molar-refractivity contribution in [2.45, 2.75) is 26.8 Å². The highest BCUT2D eigenvalue weighted by atomic mass is 35.5. The van der Waals surface area contributed by atoms with Gasteiger partial charge in [-0.1, -0.05) is 29.8 Å². The first-order chi connectivity index (χ1) is 10.2. The molecule has 3 aromatic rings. The second-order valence-electron chi connectivity index (χ2n) is 5.39. The molecule has 0 saturated heterocycles. The maximum Gasteiger partial charge on any atom is 0.160 e. The van der Waals surface area contributed by atoms with Crippen molar-refractivity contribution in [3.8, 4) is 0 Å². The minimum atomic E-state index is 0.566. The summed E-state index contributed by atoms with van der Waals surface area (Å²) >= 11 is 5.92. The quantitative estimate of drug-likeness (QED) is 0.685. The lowest BCUT2D eigenvalue weighted by Crippen LogP contribution is -2.06. The fourth-order valence-corrected chi connectivity index (χ4v) is 2.65. The van der Waals surface area contributed by atoms with E-state index in [1.165, 1.54) is 11.1 Å². The second-order valence-corrected chi connectivity index (χ2v) is 5.77. The number of hydrogen-bond donors (Lipinski definition) is 0. The zero-order chi connectivity index (χ0) is 14.8. The van der Waals surface area contributed by atoms with Crippen LogP contribution in [0.4, 0.5) is 0 Å². The lowest BCUT2D eigenvalue weighted by Gasteiger charge is -2.08. The van der Waals surface area contributed by atoms with Crippen LogP contribution in [0.2, 0.25) is 0 Å². The van der Waals surface area contributed by atoms with Gasteiger partial charge in [-0.15, -0.1) is 11.6 Å². The van der Waals surface area contributed by atoms with Crippen molar-refractivity contribution in [1.29, 1.82) is 0 Å². The molecule has 0 N–H and O–H groups in total. The zero-order valence-corrected chi connectivity index (χ0v) is 13.1. The first kappa shape index (κ1) is 14.1. The summed E-state index contributed by atoms with van der Waals surface area (Å²) in [6.45, 7) is 4.91. The number of benzene rings is 1. The number of hydrogen-bond acceptors (Lipinski definition) is 2. The van der Waals surface area contributed by atoms with E-state index >= 15 is 0 Å². The Balaban J connectivity index is 2.06. The Labute approximate surface area is 129 Å². The third-order valence-electron chi connectivity index (χ3n) is 3.58. The molecular formula is C17H18ClN3. The number of aryl methyl sites for hydroxylation is 3. The number of aromatic nitrogens is 3. The van der Waals surface area contributed by atoms with Gasteiger partial charge in [0.05, 0.1) is 6.54 Å². The molecule has 0 aliphatic heterocycles. The Hall–Kier alpha value is -1.87. The van der Waals surface area contributed by atoms with Gasteiger partial charge < -0.3 is 4.57 Å². The normalized spacial score (nSPS) is 11.2. The summed E-state index contributed by atoms with van der Waals surface area (Å²) in [7, 11) is 0. The van der Waals surface area contributed by atoms with Crippen LogP contribution >= 0.6 is 11.6 Å². The fraction of sp³-hybridized carbons (Fsp3) is 0.294. The number of alkyl halides is 1. The highest BCUT2D eigenvalue weighted by Gasteiger charge is 2.12. The van der Waals surface area contributed by atoms with Gasteiger partial charge in [-0.2, -0.15) is 0 Å². The highest BCUT2D eigenvalue weighted by Crippen LogP contribution is 2.18. The smallest absolute Gasteiger partial charge is 0.160 e. The van der Waals surface area contributed by atoms with Crippen LogP contribution in [0.1, 0.15) is 22.5 Å². The van der Waals surface area contributed by atoms with Crippen molar-refractivity contribution in [3.63, 3.8) is 0 Å². The van der Waals surface area contributed by atoms with E-state index in [0.29, 0.717) is 5.88 Å². The lowest BCUT2D eigenvalue weighted by molar-refractivity contribution is 0.747. The van der Waals surface area contributed by atoms with Gasteiger partial charge in [-0.3, -0.25) is 0 Å². The average molecular weight is 300 g/mol. The fourth-order valence-electron chi connectivity index (χ4n) is 2.48. The molecule has 21 heavy (non-hydrogen) atoms. The summed E-state index contributed by atoms with van der Waals surface area (Å²) in [6.07, 6.45) is 2.64. The molecule has 0 amide bonds. The number of halogens is 1. The van der Waals surface area contributed by atoms with Gasteiger partial charge in [0.2, 0.25) is 0 Å². The summed E-state index contributed by atoms with van der Waals surface area (Å²) in [5.74, 6) is 1.56. The molecule has 0 bridgehead atoms. The molecule has 0 aliphatic rings. The summed E-state index contributed by atoms with van der Waals surface area (Å²) in [5, 5.41) is 0. The van der Waals surface area contributed by atoms with Crippen LogP contribution in [0, 0.1) is 13.8 Å². The molecule has 0 aliphatic carbocycles. The molecule has 2 aromatic heterocycles. The van der Waals surface area contributed by atoms with E-state index in [9.17, 15) is 0 Å². The van der Waals surface area contributed by atoms with E-state index in [4.69, 9.17) is 16.6 Å². The Morgan fingerprint density at radius 1 is 1.10 bits per heavy atom. The van der Waals surface area contributed by atoms with Gasteiger partial charge in [0.15, 0.2) is 5.65 Å². The van der Waals surface area contributed by atoms with E-state index in [0.717, 1.165) is 35.5 Å². The molecule has 3 rings (SSSR count). The van der Waals surface area contributed by atoms with Crippen LogP contribution in [0.25, 0.3) is 11.2 Å². The third kappa shape index (κ3) is 2.93. The predicted molar refractivity (Wildman–Crippen MR) is 87.0 cm³/mol. The molecule has 1 aromatic carbocycles. The van der Waals surface area contributed by atoms with E-state index in [-0.39, 0.29) is 0 Å². The van der Waals surface area contributed by atoms with Crippen LogP contribution in [-0.2, 0) is 13.0 Å². The summed E-state index contributed by atoms with van der Waals surface area (Å²) < 4.78 is 2.17. The van der Waals surface area contributed by atoms with Crippen molar-refractivity contribution in [1.82, 2.24) is 14.5 Å². The monoisotopic (exact) mass is 299 g/mol. The van der Waals surface area contributed by atoms with E-state index in [2.05, 4.69) is 46.8 Å². The zero-order valence-electron chi connectivity index (χ0n) is 12.3. The SMILES string of the molecule is Cc1ccc(Cn2c(CCCl)nc3cc(C)cnc32)cc1. The molecule has 0 spiro atoms. The van der Waals surface area contributed by atoms with Gasteiger partial charge in [0.25, 0.3) is 0 Å². The Kier molecular flexibility index (Phi) is 3.93. The maximum atomic E-state index is 5.92. The Morgan fingerprint density at radius 2 is 1.86 bits per heavy atom. The van der Waals surface area contributed by atoms with Gasteiger partial charge in [-0.05, 0) is 31.0 Å². The van der Waals surface area contributed by atoms with Crippen molar-refractivity contribution in [2.75, 3.05) is 5.88 Å². The number of nitrogens with zero attached hydrogens (tertiary/aromatic N) is 3. The number of pyridine rings is 1. The topological polar surface area (TPSA) is 30.7 Å². The molecule has 108 valence electrons. The molecule has 0 unspecified atom stereocenters. The summed E-state index contributed by atoms with van der Waals surface area (Å²) in [4.78, 5) is 9.25.